The Bertz CT molecular complexity index is 521. The molecule has 0 saturated carbocycles. The van der Waals surface area contributed by atoms with Crippen molar-refractivity contribution < 1.29 is 14.3 Å². The van der Waals surface area contributed by atoms with Crippen molar-refractivity contribution in [2.45, 2.75) is 40.0 Å². The third kappa shape index (κ3) is 9.44. The topological polar surface area (TPSA) is 40.0 Å². The summed E-state index contributed by atoms with van der Waals surface area (Å²) < 4.78 is 11.7. The second-order valence-electron chi connectivity index (χ2n) is 5.72. The molecule has 0 saturated heterocycles. The lowest BCUT2D eigenvalue weighted by molar-refractivity contribution is 0.215. The molecule has 0 heterocycles. The molecule has 0 bridgehead atoms. The van der Waals surface area contributed by atoms with Crippen LogP contribution >= 0.6 is 11.8 Å². The lowest BCUT2D eigenvalue weighted by atomic mass is 10.1. The van der Waals surface area contributed by atoms with Gasteiger partial charge in [-0.15, -0.1) is 0 Å². The Balaban J connectivity index is 2.25. The number of unbranched alkanes of at least 4 members (excludes halogenated alkanes) is 2. The summed E-state index contributed by atoms with van der Waals surface area (Å²) >= 11 is 1.87. The number of aryl methyl sites for hydroxylation is 2. The van der Waals surface area contributed by atoms with Gasteiger partial charge in [0.2, 0.25) is 0 Å². The molecule has 0 amide bonds. The monoisotopic (exact) mass is 365 g/mol. The van der Waals surface area contributed by atoms with Crippen molar-refractivity contribution >= 4 is 18.0 Å². The van der Waals surface area contributed by atoms with Gasteiger partial charge in [-0.1, -0.05) is 17.3 Å². The number of allylic oxidation sites excluding steroid dienone is 1. The highest BCUT2D eigenvalue weighted by molar-refractivity contribution is 7.99. The van der Waals surface area contributed by atoms with Crippen LogP contribution < -0.4 is 9.47 Å². The number of nitrogens with zero attached hydrogens (tertiary/aromatic N) is 1. The Labute approximate surface area is 156 Å². The average molecular weight is 366 g/mol. The normalized spacial score (nSPS) is 11.4. The first-order valence-corrected chi connectivity index (χ1v) is 9.95. The van der Waals surface area contributed by atoms with Crippen LogP contribution in [-0.4, -0.2) is 38.0 Å². The Morgan fingerprint density at radius 2 is 1.84 bits per heavy atom. The van der Waals surface area contributed by atoms with E-state index in [1.165, 1.54) is 12.8 Å². The molecule has 0 spiro atoms. The molecule has 1 rings (SSSR count). The van der Waals surface area contributed by atoms with E-state index in [9.17, 15) is 0 Å². The van der Waals surface area contributed by atoms with E-state index in [1.54, 1.807) is 13.3 Å². The Morgan fingerprint density at radius 3 is 2.52 bits per heavy atom. The largest absolute Gasteiger partial charge is 0.493 e. The van der Waals surface area contributed by atoms with Gasteiger partial charge in [0.25, 0.3) is 0 Å². The number of oxime groups is 1. The highest BCUT2D eigenvalue weighted by atomic mass is 32.2. The summed E-state index contributed by atoms with van der Waals surface area (Å²) in [4.78, 5) is 4.62. The van der Waals surface area contributed by atoms with Crippen LogP contribution in [0.2, 0.25) is 0 Å². The van der Waals surface area contributed by atoms with Gasteiger partial charge < -0.3 is 14.3 Å². The first kappa shape index (κ1) is 21.4. The summed E-state index contributed by atoms with van der Waals surface area (Å²) in [6.45, 7) is 7.50. The molecule has 140 valence electrons. The predicted octanol–water partition coefficient (Wildman–Crippen LogP) is 5.17. The van der Waals surface area contributed by atoms with E-state index in [4.69, 9.17) is 9.47 Å². The second-order valence-corrected chi connectivity index (χ2v) is 6.87. The summed E-state index contributed by atoms with van der Waals surface area (Å²) in [6, 6.07) is 4.09. The molecular weight excluding hydrogens is 334 g/mol. The Kier molecular flexibility index (Phi) is 11.7. The van der Waals surface area contributed by atoms with Gasteiger partial charge in [0.05, 0.1) is 12.8 Å². The number of hydrogen-bond acceptors (Lipinski definition) is 5. The molecule has 4 nitrogen and oxygen atoms in total. The minimum atomic E-state index is 0.602. The SMILES string of the molecule is C/C=C/COc1cc(C)c(OCCCCCSC/C=N/OC)c(C)c1. The summed E-state index contributed by atoms with van der Waals surface area (Å²) in [5.41, 5.74) is 2.26. The first-order chi connectivity index (χ1) is 12.2. The molecule has 0 unspecified atom stereocenters. The molecule has 1 aromatic carbocycles. The Hall–Kier alpha value is -1.62. The van der Waals surface area contributed by atoms with Gasteiger partial charge in [-0.3, -0.25) is 0 Å². The van der Waals surface area contributed by atoms with E-state index in [2.05, 4.69) is 23.8 Å². The summed E-state index contributed by atoms with van der Waals surface area (Å²) in [6.07, 6.45) is 9.23. The Morgan fingerprint density at radius 1 is 1.08 bits per heavy atom. The van der Waals surface area contributed by atoms with Crippen molar-refractivity contribution in [3.8, 4) is 11.5 Å². The number of benzene rings is 1. The smallest absolute Gasteiger partial charge is 0.125 e. The highest BCUT2D eigenvalue weighted by Crippen LogP contribution is 2.28. The van der Waals surface area contributed by atoms with Gasteiger partial charge in [0, 0.05) is 5.75 Å². The van der Waals surface area contributed by atoms with Crippen LogP contribution in [0.15, 0.2) is 29.4 Å². The van der Waals surface area contributed by atoms with Gasteiger partial charge in [-0.2, -0.15) is 11.8 Å². The van der Waals surface area contributed by atoms with E-state index < -0.39 is 0 Å². The molecule has 0 aliphatic heterocycles. The highest BCUT2D eigenvalue weighted by Gasteiger charge is 2.07. The summed E-state index contributed by atoms with van der Waals surface area (Å²) in [5, 5.41) is 3.72. The molecule has 0 fully saturated rings. The number of ether oxygens (including phenoxy) is 2. The van der Waals surface area contributed by atoms with Crippen molar-refractivity contribution in [1.82, 2.24) is 0 Å². The van der Waals surface area contributed by atoms with Crippen LogP contribution in [-0.2, 0) is 4.84 Å². The van der Waals surface area contributed by atoms with Gasteiger partial charge in [0.1, 0.15) is 25.2 Å². The molecule has 0 aliphatic carbocycles. The van der Waals surface area contributed by atoms with Gasteiger partial charge >= 0.3 is 0 Å². The van der Waals surface area contributed by atoms with E-state index >= 15 is 0 Å². The number of hydrogen-bond donors (Lipinski definition) is 0. The lowest BCUT2D eigenvalue weighted by Gasteiger charge is -2.14. The maximum absolute atomic E-state index is 5.99. The van der Waals surface area contributed by atoms with E-state index in [0.29, 0.717) is 6.61 Å². The van der Waals surface area contributed by atoms with Crippen LogP contribution in [0, 0.1) is 13.8 Å². The van der Waals surface area contributed by atoms with Crippen molar-refractivity contribution in [3.63, 3.8) is 0 Å². The van der Waals surface area contributed by atoms with Crippen molar-refractivity contribution in [2.24, 2.45) is 5.16 Å². The zero-order valence-corrected chi connectivity index (χ0v) is 16.7. The van der Waals surface area contributed by atoms with Crippen molar-refractivity contribution in [2.75, 3.05) is 31.8 Å². The molecule has 1 aromatic rings. The van der Waals surface area contributed by atoms with Crippen LogP contribution in [0.4, 0.5) is 0 Å². The molecule has 0 aliphatic rings. The molecule has 0 aromatic heterocycles. The van der Waals surface area contributed by atoms with E-state index in [0.717, 1.165) is 47.2 Å². The molecule has 0 atom stereocenters. The predicted molar refractivity (Wildman–Crippen MR) is 108 cm³/mol. The minimum absolute atomic E-state index is 0.602. The molecule has 5 heteroatoms. The molecule has 0 radical (unpaired) electrons. The number of thioether (sulfide) groups is 1. The van der Waals surface area contributed by atoms with Crippen LogP contribution in [0.25, 0.3) is 0 Å². The first-order valence-electron chi connectivity index (χ1n) is 8.79. The third-order valence-corrected chi connectivity index (χ3v) is 4.53. The van der Waals surface area contributed by atoms with Crippen molar-refractivity contribution in [3.05, 3.63) is 35.4 Å². The standard InChI is InChI=1S/C20H31NO3S/c1-5-6-11-23-19-15-17(2)20(18(3)16-19)24-12-8-7-9-13-25-14-10-21-22-4/h5-6,10,15-16H,7-9,11-14H2,1-4H3/b6-5+,21-10+. The quantitative estimate of drug-likeness (QED) is 0.209. The lowest BCUT2D eigenvalue weighted by Crippen LogP contribution is -2.02. The zero-order chi connectivity index (χ0) is 18.3. The second kappa shape index (κ2) is 13.6. The molecular formula is C20H31NO3S. The zero-order valence-electron chi connectivity index (χ0n) is 15.9. The maximum atomic E-state index is 5.99. The van der Waals surface area contributed by atoms with Crippen LogP contribution in [0.1, 0.15) is 37.3 Å². The van der Waals surface area contributed by atoms with Gasteiger partial charge in [-0.25, -0.2) is 0 Å². The van der Waals surface area contributed by atoms with E-state index in [-0.39, 0.29) is 0 Å². The van der Waals surface area contributed by atoms with Gasteiger partial charge in [-0.05, 0) is 69.0 Å². The summed E-state index contributed by atoms with van der Waals surface area (Å²) in [5.74, 6) is 3.94. The third-order valence-electron chi connectivity index (χ3n) is 3.57. The fraction of sp³-hybridized carbons (Fsp3) is 0.550. The van der Waals surface area contributed by atoms with Crippen LogP contribution in [0.5, 0.6) is 11.5 Å². The average Bonchev–Trinajstić information content (AvgIpc) is 2.59. The van der Waals surface area contributed by atoms with Gasteiger partial charge in [0.15, 0.2) is 0 Å². The number of rotatable bonds is 13. The van der Waals surface area contributed by atoms with Crippen molar-refractivity contribution in [1.29, 1.82) is 0 Å². The fourth-order valence-electron chi connectivity index (χ4n) is 2.36. The van der Waals surface area contributed by atoms with E-state index in [1.807, 2.05) is 43.0 Å². The maximum Gasteiger partial charge on any atom is 0.125 e. The molecule has 0 N–H and O–H groups in total. The van der Waals surface area contributed by atoms with Crippen LogP contribution in [0.3, 0.4) is 0 Å². The minimum Gasteiger partial charge on any atom is -0.493 e. The summed E-state index contributed by atoms with van der Waals surface area (Å²) in [7, 11) is 1.56. The fourth-order valence-corrected chi connectivity index (χ4v) is 3.10. The molecule has 25 heavy (non-hydrogen) atoms.